The highest BCUT2D eigenvalue weighted by Gasteiger charge is 2.18. The fraction of sp³-hybridized carbons (Fsp3) is 1.00. The molecule has 1 aliphatic rings. The van der Waals surface area contributed by atoms with Crippen molar-refractivity contribution >= 4 is 0 Å². The molecule has 0 spiro atoms. The van der Waals surface area contributed by atoms with Crippen molar-refractivity contribution in [1.29, 1.82) is 0 Å². The van der Waals surface area contributed by atoms with Crippen LogP contribution in [0.3, 0.4) is 0 Å². The Bertz CT molecular complexity index is 165. The molecule has 1 fully saturated rings. The van der Waals surface area contributed by atoms with Gasteiger partial charge in [-0.2, -0.15) is 0 Å². The van der Waals surface area contributed by atoms with Gasteiger partial charge in [-0.15, -0.1) is 0 Å². The summed E-state index contributed by atoms with van der Waals surface area (Å²) in [6, 6.07) is 0. The molecule has 16 heavy (non-hydrogen) atoms. The predicted octanol–water partition coefficient (Wildman–Crippen LogP) is 1.90. The quantitative estimate of drug-likeness (QED) is 0.677. The van der Waals surface area contributed by atoms with E-state index in [1.165, 1.54) is 38.9 Å². The molecule has 3 heteroatoms. The third kappa shape index (κ3) is 5.83. The van der Waals surface area contributed by atoms with Crippen LogP contribution in [0.25, 0.3) is 0 Å². The number of methoxy groups -OCH3 is 1. The minimum absolute atomic E-state index is 0.132. The zero-order valence-corrected chi connectivity index (χ0v) is 10.8. The number of hydrogen-bond acceptors (Lipinski definition) is 3. The van der Waals surface area contributed by atoms with Crippen LogP contribution in [0.1, 0.15) is 39.0 Å². The summed E-state index contributed by atoms with van der Waals surface area (Å²) in [4.78, 5) is 2.55. The minimum Gasteiger partial charge on any atom is -0.393 e. The highest BCUT2D eigenvalue weighted by Crippen LogP contribution is 2.17. The van der Waals surface area contributed by atoms with Crippen LogP contribution in [0.4, 0.5) is 0 Å². The number of hydrogen-bond donors (Lipinski definition) is 1. The van der Waals surface area contributed by atoms with Crippen LogP contribution in [0.15, 0.2) is 0 Å². The van der Waals surface area contributed by atoms with Crippen LogP contribution in [-0.4, -0.2) is 49.5 Å². The van der Waals surface area contributed by atoms with Crippen LogP contribution in [0, 0.1) is 5.92 Å². The Labute approximate surface area is 99.8 Å². The van der Waals surface area contributed by atoms with E-state index in [9.17, 15) is 0 Å². The monoisotopic (exact) mass is 229 g/mol. The zero-order valence-electron chi connectivity index (χ0n) is 10.8. The lowest BCUT2D eigenvalue weighted by molar-refractivity contribution is 0.0979. The first-order valence-corrected chi connectivity index (χ1v) is 6.61. The van der Waals surface area contributed by atoms with Gasteiger partial charge in [0.2, 0.25) is 0 Å². The van der Waals surface area contributed by atoms with E-state index >= 15 is 0 Å². The van der Waals surface area contributed by atoms with Gasteiger partial charge in [-0.1, -0.05) is 0 Å². The molecule has 1 N–H and O–H groups in total. The van der Waals surface area contributed by atoms with Gasteiger partial charge in [0, 0.05) is 13.7 Å². The van der Waals surface area contributed by atoms with Crippen molar-refractivity contribution in [3.8, 4) is 0 Å². The van der Waals surface area contributed by atoms with E-state index in [1.54, 1.807) is 7.11 Å². The molecule has 0 amide bonds. The van der Waals surface area contributed by atoms with Crippen LogP contribution in [-0.2, 0) is 4.74 Å². The van der Waals surface area contributed by atoms with Crippen LogP contribution >= 0.6 is 0 Å². The summed E-state index contributed by atoms with van der Waals surface area (Å²) in [7, 11) is 1.79. The van der Waals surface area contributed by atoms with Crippen molar-refractivity contribution in [2.75, 3.05) is 33.4 Å². The Morgan fingerprint density at radius 1 is 1.31 bits per heavy atom. The zero-order chi connectivity index (χ0) is 11.8. The predicted molar refractivity (Wildman–Crippen MR) is 66.6 cm³/mol. The van der Waals surface area contributed by atoms with Gasteiger partial charge in [0.05, 0.1) is 6.10 Å². The molecule has 1 aliphatic heterocycles. The topological polar surface area (TPSA) is 32.7 Å². The summed E-state index contributed by atoms with van der Waals surface area (Å²) in [5.41, 5.74) is 0. The standard InChI is InChI=1S/C13H27NO2/c1-12(15)5-3-4-8-14-9-6-13(7-10-14)11-16-2/h12-13,15H,3-11H2,1-2H3. The van der Waals surface area contributed by atoms with Crippen molar-refractivity contribution in [3.05, 3.63) is 0 Å². The lowest BCUT2D eigenvalue weighted by Crippen LogP contribution is -2.35. The third-order valence-electron chi connectivity index (χ3n) is 3.46. The van der Waals surface area contributed by atoms with Crippen molar-refractivity contribution in [1.82, 2.24) is 4.90 Å². The smallest absolute Gasteiger partial charge is 0.0512 e. The van der Waals surface area contributed by atoms with E-state index in [4.69, 9.17) is 9.84 Å². The number of piperidine rings is 1. The Balaban J connectivity index is 1.99. The number of aliphatic hydroxyl groups is 1. The number of rotatable bonds is 7. The number of nitrogens with zero attached hydrogens (tertiary/aromatic N) is 1. The van der Waals surface area contributed by atoms with Gasteiger partial charge >= 0.3 is 0 Å². The normalized spacial score (nSPS) is 21.2. The first kappa shape index (κ1) is 13.9. The van der Waals surface area contributed by atoms with E-state index in [0.717, 1.165) is 25.4 Å². The second-order valence-corrected chi connectivity index (χ2v) is 5.09. The third-order valence-corrected chi connectivity index (χ3v) is 3.46. The van der Waals surface area contributed by atoms with Gasteiger partial charge in [0.15, 0.2) is 0 Å². The lowest BCUT2D eigenvalue weighted by atomic mass is 9.97. The van der Waals surface area contributed by atoms with Crippen molar-refractivity contribution in [2.24, 2.45) is 5.92 Å². The van der Waals surface area contributed by atoms with Gasteiger partial charge < -0.3 is 14.7 Å². The summed E-state index contributed by atoms with van der Waals surface area (Å²) in [6.07, 6.45) is 5.75. The molecular formula is C13H27NO2. The van der Waals surface area contributed by atoms with Crippen molar-refractivity contribution < 1.29 is 9.84 Å². The Hall–Kier alpha value is -0.120. The molecule has 96 valence electrons. The first-order chi connectivity index (χ1) is 7.72. The fourth-order valence-corrected chi connectivity index (χ4v) is 2.39. The molecule has 0 aromatic rings. The summed E-state index contributed by atoms with van der Waals surface area (Å²) in [5, 5.41) is 9.16. The Kier molecular flexibility index (Phi) is 7.01. The second kappa shape index (κ2) is 8.04. The van der Waals surface area contributed by atoms with Gasteiger partial charge in [-0.3, -0.25) is 0 Å². The van der Waals surface area contributed by atoms with Gasteiger partial charge in [0.1, 0.15) is 0 Å². The van der Waals surface area contributed by atoms with E-state index < -0.39 is 0 Å². The molecule has 1 rings (SSSR count). The maximum absolute atomic E-state index is 9.16. The number of unbranched alkanes of at least 4 members (excludes halogenated alkanes) is 1. The maximum Gasteiger partial charge on any atom is 0.0512 e. The Morgan fingerprint density at radius 3 is 2.56 bits per heavy atom. The molecule has 0 radical (unpaired) electrons. The molecule has 0 bridgehead atoms. The molecular weight excluding hydrogens is 202 g/mol. The van der Waals surface area contributed by atoms with Gasteiger partial charge in [0.25, 0.3) is 0 Å². The minimum atomic E-state index is -0.132. The Morgan fingerprint density at radius 2 is 2.00 bits per heavy atom. The van der Waals surface area contributed by atoms with Crippen LogP contribution in [0.5, 0.6) is 0 Å². The van der Waals surface area contributed by atoms with Crippen LogP contribution < -0.4 is 0 Å². The fourth-order valence-electron chi connectivity index (χ4n) is 2.39. The molecule has 1 saturated heterocycles. The van der Waals surface area contributed by atoms with Crippen molar-refractivity contribution in [2.45, 2.75) is 45.1 Å². The summed E-state index contributed by atoms with van der Waals surface area (Å²) >= 11 is 0. The summed E-state index contributed by atoms with van der Waals surface area (Å²) in [5.74, 6) is 0.777. The first-order valence-electron chi connectivity index (χ1n) is 6.61. The van der Waals surface area contributed by atoms with Gasteiger partial charge in [-0.25, -0.2) is 0 Å². The highest BCUT2D eigenvalue weighted by molar-refractivity contribution is 4.71. The van der Waals surface area contributed by atoms with E-state index in [0.29, 0.717) is 0 Å². The molecule has 0 saturated carbocycles. The van der Waals surface area contributed by atoms with Gasteiger partial charge in [-0.05, 0) is 64.6 Å². The van der Waals surface area contributed by atoms with E-state index in [1.807, 2.05) is 6.92 Å². The molecule has 0 aromatic carbocycles. The van der Waals surface area contributed by atoms with Crippen LogP contribution in [0.2, 0.25) is 0 Å². The number of ether oxygens (including phenoxy) is 1. The number of likely N-dealkylation sites (tertiary alicyclic amines) is 1. The lowest BCUT2D eigenvalue weighted by Gasteiger charge is -2.31. The molecule has 3 nitrogen and oxygen atoms in total. The largest absolute Gasteiger partial charge is 0.393 e. The van der Waals surface area contributed by atoms with Crippen molar-refractivity contribution in [3.63, 3.8) is 0 Å². The molecule has 1 unspecified atom stereocenters. The highest BCUT2D eigenvalue weighted by atomic mass is 16.5. The molecule has 0 aliphatic carbocycles. The van der Waals surface area contributed by atoms with E-state index in [-0.39, 0.29) is 6.10 Å². The summed E-state index contributed by atoms with van der Waals surface area (Å²) in [6.45, 7) is 6.45. The van der Waals surface area contributed by atoms with E-state index in [2.05, 4.69) is 4.90 Å². The summed E-state index contributed by atoms with van der Waals surface area (Å²) < 4.78 is 5.20. The average molecular weight is 229 g/mol. The molecule has 0 aromatic heterocycles. The maximum atomic E-state index is 9.16. The number of aliphatic hydroxyl groups excluding tert-OH is 1. The average Bonchev–Trinajstić information content (AvgIpc) is 2.27. The molecule has 1 atom stereocenters. The second-order valence-electron chi connectivity index (χ2n) is 5.09. The SMILES string of the molecule is COCC1CCN(CCCCC(C)O)CC1. The molecule has 1 heterocycles.